The SMILES string of the molecule is CC(=O)N(CCC(=O)NCc1ccc(F)cc1)C(C)C. The molecule has 0 radical (unpaired) electrons. The molecule has 0 unspecified atom stereocenters. The maximum absolute atomic E-state index is 12.7. The van der Waals surface area contributed by atoms with E-state index in [0.29, 0.717) is 13.1 Å². The van der Waals surface area contributed by atoms with Crippen molar-refractivity contribution in [3.8, 4) is 0 Å². The van der Waals surface area contributed by atoms with Gasteiger partial charge in [-0.3, -0.25) is 9.59 Å². The summed E-state index contributed by atoms with van der Waals surface area (Å²) in [6, 6.07) is 6.06. The Hall–Kier alpha value is -1.91. The second kappa shape index (κ2) is 7.62. The van der Waals surface area contributed by atoms with E-state index in [9.17, 15) is 14.0 Å². The number of halogens is 1. The van der Waals surface area contributed by atoms with Crippen LogP contribution in [0.1, 0.15) is 32.8 Å². The van der Waals surface area contributed by atoms with Crippen molar-refractivity contribution in [3.63, 3.8) is 0 Å². The topological polar surface area (TPSA) is 49.4 Å². The zero-order valence-corrected chi connectivity index (χ0v) is 12.1. The Labute approximate surface area is 119 Å². The lowest BCUT2D eigenvalue weighted by molar-refractivity contribution is -0.131. The number of rotatable bonds is 6. The van der Waals surface area contributed by atoms with Crippen molar-refractivity contribution in [1.82, 2.24) is 10.2 Å². The van der Waals surface area contributed by atoms with E-state index in [-0.39, 0.29) is 30.1 Å². The number of hydrogen-bond donors (Lipinski definition) is 1. The smallest absolute Gasteiger partial charge is 0.222 e. The summed E-state index contributed by atoms with van der Waals surface area (Å²) < 4.78 is 12.7. The normalized spacial score (nSPS) is 10.4. The monoisotopic (exact) mass is 280 g/mol. The fraction of sp³-hybridized carbons (Fsp3) is 0.467. The molecule has 0 saturated heterocycles. The predicted octanol–water partition coefficient (Wildman–Crippen LogP) is 2.09. The highest BCUT2D eigenvalue weighted by molar-refractivity contribution is 5.78. The summed E-state index contributed by atoms with van der Waals surface area (Å²) in [6.45, 7) is 6.09. The molecular weight excluding hydrogens is 259 g/mol. The Balaban J connectivity index is 2.36. The number of benzene rings is 1. The van der Waals surface area contributed by atoms with Gasteiger partial charge in [-0.1, -0.05) is 12.1 Å². The van der Waals surface area contributed by atoms with E-state index in [1.807, 2.05) is 13.8 Å². The Kier molecular flexibility index (Phi) is 6.15. The van der Waals surface area contributed by atoms with Crippen LogP contribution in [0.15, 0.2) is 24.3 Å². The summed E-state index contributed by atoms with van der Waals surface area (Å²) in [5, 5.41) is 2.75. The minimum atomic E-state index is -0.297. The molecule has 1 aromatic rings. The van der Waals surface area contributed by atoms with E-state index < -0.39 is 0 Å². The first kappa shape index (κ1) is 16.1. The average Bonchev–Trinajstić information content (AvgIpc) is 2.37. The first-order valence-corrected chi connectivity index (χ1v) is 6.68. The highest BCUT2D eigenvalue weighted by atomic mass is 19.1. The molecule has 2 amide bonds. The lowest BCUT2D eigenvalue weighted by Gasteiger charge is -2.24. The second-order valence-electron chi connectivity index (χ2n) is 4.96. The number of hydrogen-bond acceptors (Lipinski definition) is 2. The molecule has 1 rings (SSSR count). The Bertz CT molecular complexity index is 457. The number of amides is 2. The van der Waals surface area contributed by atoms with Crippen LogP contribution in [0.2, 0.25) is 0 Å². The van der Waals surface area contributed by atoms with Gasteiger partial charge in [-0.05, 0) is 31.5 Å². The van der Waals surface area contributed by atoms with Crippen molar-refractivity contribution in [2.75, 3.05) is 6.54 Å². The van der Waals surface area contributed by atoms with Crippen LogP contribution in [0.3, 0.4) is 0 Å². The van der Waals surface area contributed by atoms with Gasteiger partial charge in [-0.2, -0.15) is 0 Å². The van der Waals surface area contributed by atoms with Gasteiger partial charge in [0.25, 0.3) is 0 Å². The zero-order valence-electron chi connectivity index (χ0n) is 12.1. The van der Waals surface area contributed by atoms with Gasteiger partial charge in [0.1, 0.15) is 5.82 Å². The molecule has 0 heterocycles. The largest absolute Gasteiger partial charge is 0.352 e. The van der Waals surface area contributed by atoms with Gasteiger partial charge in [0.05, 0.1) is 0 Å². The molecule has 0 aliphatic carbocycles. The van der Waals surface area contributed by atoms with Crippen LogP contribution in [0, 0.1) is 5.82 Å². The third kappa shape index (κ3) is 5.38. The summed E-state index contributed by atoms with van der Waals surface area (Å²) in [7, 11) is 0. The van der Waals surface area contributed by atoms with Crippen molar-refractivity contribution < 1.29 is 14.0 Å². The van der Waals surface area contributed by atoms with Gasteiger partial charge in [-0.25, -0.2) is 4.39 Å². The minimum absolute atomic E-state index is 0.0358. The molecule has 0 fully saturated rings. The molecule has 0 aliphatic heterocycles. The van der Waals surface area contributed by atoms with Crippen LogP contribution in [0.25, 0.3) is 0 Å². The van der Waals surface area contributed by atoms with E-state index in [1.165, 1.54) is 19.1 Å². The van der Waals surface area contributed by atoms with Crippen LogP contribution < -0.4 is 5.32 Å². The quantitative estimate of drug-likeness (QED) is 0.867. The minimum Gasteiger partial charge on any atom is -0.352 e. The van der Waals surface area contributed by atoms with Gasteiger partial charge in [0, 0.05) is 32.5 Å². The third-order valence-electron chi connectivity index (χ3n) is 3.01. The Morgan fingerprint density at radius 2 is 1.85 bits per heavy atom. The summed E-state index contributed by atoms with van der Waals surface area (Å²) in [5.41, 5.74) is 0.840. The first-order valence-electron chi connectivity index (χ1n) is 6.68. The van der Waals surface area contributed by atoms with Crippen molar-refractivity contribution in [2.24, 2.45) is 0 Å². The molecule has 5 heteroatoms. The van der Waals surface area contributed by atoms with E-state index in [1.54, 1.807) is 17.0 Å². The Morgan fingerprint density at radius 1 is 1.25 bits per heavy atom. The van der Waals surface area contributed by atoms with Crippen LogP contribution >= 0.6 is 0 Å². The Morgan fingerprint density at radius 3 is 2.35 bits per heavy atom. The fourth-order valence-corrected chi connectivity index (χ4v) is 1.89. The number of nitrogens with zero attached hydrogens (tertiary/aromatic N) is 1. The standard InChI is InChI=1S/C15H21FN2O2/c1-11(2)18(12(3)19)9-8-15(20)17-10-13-4-6-14(16)7-5-13/h4-7,11H,8-10H2,1-3H3,(H,17,20). The maximum Gasteiger partial charge on any atom is 0.222 e. The molecule has 20 heavy (non-hydrogen) atoms. The van der Waals surface area contributed by atoms with E-state index in [0.717, 1.165) is 5.56 Å². The summed E-state index contributed by atoms with van der Waals surface area (Å²) in [4.78, 5) is 24.7. The summed E-state index contributed by atoms with van der Waals surface area (Å²) in [5.74, 6) is -0.457. The first-order chi connectivity index (χ1) is 9.40. The molecular formula is C15H21FN2O2. The van der Waals surface area contributed by atoms with E-state index >= 15 is 0 Å². The number of carbonyl (C=O) groups excluding carboxylic acids is 2. The molecule has 1 N–H and O–H groups in total. The van der Waals surface area contributed by atoms with Crippen molar-refractivity contribution >= 4 is 11.8 Å². The predicted molar refractivity (Wildman–Crippen MR) is 75.4 cm³/mol. The number of nitrogens with one attached hydrogen (secondary N) is 1. The average molecular weight is 280 g/mol. The molecule has 0 atom stereocenters. The van der Waals surface area contributed by atoms with Crippen molar-refractivity contribution in [2.45, 2.75) is 39.8 Å². The molecule has 0 aliphatic rings. The second-order valence-corrected chi connectivity index (χ2v) is 4.96. The van der Waals surface area contributed by atoms with Crippen molar-refractivity contribution in [3.05, 3.63) is 35.6 Å². The lowest BCUT2D eigenvalue weighted by atomic mass is 10.2. The van der Waals surface area contributed by atoms with Crippen LogP contribution in [0.5, 0.6) is 0 Å². The summed E-state index contributed by atoms with van der Waals surface area (Å²) in [6.07, 6.45) is 0.263. The van der Waals surface area contributed by atoms with Crippen molar-refractivity contribution in [1.29, 1.82) is 0 Å². The van der Waals surface area contributed by atoms with Gasteiger partial charge < -0.3 is 10.2 Å². The molecule has 0 bridgehead atoms. The molecule has 110 valence electrons. The molecule has 1 aromatic carbocycles. The van der Waals surface area contributed by atoms with Crippen LogP contribution in [0.4, 0.5) is 4.39 Å². The van der Waals surface area contributed by atoms with Gasteiger partial charge in [0.15, 0.2) is 0 Å². The fourth-order valence-electron chi connectivity index (χ4n) is 1.89. The number of carbonyl (C=O) groups is 2. The summed E-state index contributed by atoms with van der Waals surface area (Å²) >= 11 is 0. The molecule has 4 nitrogen and oxygen atoms in total. The van der Waals surface area contributed by atoms with E-state index in [2.05, 4.69) is 5.32 Å². The van der Waals surface area contributed by atoms with Crippen LogP contribution in [-0.2, 0) is 16.1 Å². The highest BCUT2D eigenvalue weighted by Gasteiger charge is 2.13. The van der Waals surface area contributed by atoms with E-state index in [4.69, 9.17) is 0 Å². The van der Waals surface area contributed by atoms with Crippen LogP contribution in [-0.4, -0.2) is 29.3 Å². The molecule has 0 spiro atoms. The maximum atomic E-state index is 12.7. The molecule has 0 aromatic heterocycles. The molecule has 0 saturated carbocycles. The lowest BCUT2D eigenvalue weighted by Crippen LogP contribution is -2.38. The zero-order chi connectivity index (χ0) is 15.1. The highest BCUT2D eigenvalue weighted by Crippen LogP contribution is 2.03. The van der Waals surface area contributed by atoms with Gasteiger partial charge in [0.2, 0.25) is 11.8 Å². The van der Waals surface area contributed by atoms with Gasteiger partial charge in [-0.15, -0.1) is 0 Å². The van der Waals surface area contributed by atoms with Gasteiger partial charge >= 0.3 is 0 Å². The third-order valence-corrected chi connectivity index (χ3v) is 3.01.